The van der Waals surface area contributed by atoms with E-state index in [1.54, 1.807) is 6.07 Å². The average molecular weight is 544 g/mol. The fraction of sp³-hybridized carbons (Fsp3) is 0.333. The number of ether oxygens (including phenoxy) is 1. The molecule has 0 radical (unpaired) electrons. The number of benzene rings is 2. The molecule has 3 N–H and O–H groups in total. The van der Waals surface area contributed by atoms with E-state index < -0.39 is 28.3 Å². The summed E-state index contributed by atoms with van der Waals surface area (Å²) in [6, 6.07) is 16.0. The fourth-order valence-electron chi connectivity index (χ4n) is 3.82. The highest BCUT2D eigenvalue weighted by atomic mass is 32.2. The number of nitrogens with one attached hydrogen (secondary N) is 1. The van der Waals surface area contributed by atoms with Gasteiger partial charge in [0.2, 0.25) is 10.0 Å². The summed E-state index contributed by atoms with van der Waals surface area (Å²) in [6.07, 6.45) is 2.39. The molecular weight excluding hydrogens is 510 g/mol. The van der Waals surface area contributed by atoms with Gasteiger partial charge in [0.1, 0.15) is 6.61 Å². The van der Waals surface area contributed by atoms with Crippen molar-refractivity contribution in [3.8, 4) is 0 Å². The van der Waals surface area contributed by atoms with Crippen LogP contribution in [0.25, 0.3) is 0 Å². The van der Waals surface area contributed by atoms with Crippen molar-refractivity contribution in [1.82, 2.24) is 9.62 Å². The molecule has 10 nitrogen and oxygen atoms in total. The summed E-state index contributed by atoms with van der Waals surface area (Å²) < 4.78 is 38.5. The van der Waals surface area contributed by atoms with Gasteiger partial charge in [-0.2, -0.15) is 4.31 Å². The van der Waals surface area contributed by atoms with E-state index in [0.717, 1.165) is 5.56 Å². The lowest BCUT2D eigenvalue weighted by molar-refractivity contribution is 0.0873. The highest BCUT2D eigenvalue weighted by Gasteiger charge is 2.31. The molecule has 204 valence electrons. The molecule has 0 fully saturated rings. The van der Waals surface area contributed by atoms with Crippen LogP contribution in [-0.2, 0) is 27.8 Å². The van der Waals surface area contributed by atoms with Crippen molar-refractivity contribution in [3.63, 3.8) is 0 Å². The van der Waals surface area contributed by atoms with Gasteiger partial charge >= 0.3 is 6.09 Å². The Morgan fingerprint density at radius 3 is 2.39 bits per heavy atom. The predicted octanol–water partition coefficient (Wildman–Crippen LogP) is 3.63. The number of nitrogens with zero attached hydrogens (tertiary/aromatic N) is 2. The van der Waals surface area contributed by atoms with Crippen molar-refractivity contribution in [3.05, 3.63) is 89.9 Å². The standard InChI is InChI=1S/C27H33N3O7S/c1-20(2)16-30(38(34,35)24-10-8-22(9-11-24)15-28-33)17-26(31)25(14-21-6-4-3-5-7-21)29-27(32)37-19-23-12-13-36-18-23/h3-13,15,18,20,25-26,31,33H,14,16-17,19H2,1-2H3,(H,29,32)/b28-15+/t25-,26+/m0/s1. The van der Waals surface area contributed by atoms with Crippen molar-refractivity contribution < 1.29 is 32.7 Å². The Morgan fingerprint density at radius 2 is 1.79 bits per heavy atom. The first-order valence-corrected chi connectivity index (χ1v) is 13.6. The van der Waals surface area contributed by atoms with Gasteiger partial charge in [-0.05, 0) is 41.7 Å². The number of hydrogen-bond donors (Lipinski definition) is 3. The monoisotopic (exact) mass is 543 g/mol. The maximum Gasteiger partial charge on any atom is 0.407 e. The van der Waals surface area contributed by atoms with Gasteiger partial charge in [0, 0.05) is 18.7 Å². The van der Waals surface area contributed by atoms with Gasteiger partial charge in [0.15, 0.2) is 0 Å². The quantitative estimate of drug-likeness (QED) is 0.170. The zero-order valence-electron chi connectivity index (χ0n) is 21.3. The SMILES string of the molecule is CC(C)CN(C[C@@H](O)[C@H](Cc1ccccc1)NC(=O)OCc1ccoc1)S(=O)(=O)c1ccc(/C=N/O)cc1. The maximum absolute atomic E-state index is 13.5. The average Bonchev–Trinajstić information content (AvgIpc) is 3.41. The van der Waals surface area contributed by atoms with Gasteiger partial charge in [0.25, 0.3) is 0 Å². The van der Waals surface area contributed by atoms with Crippen LogP contribution in [0.3, 0.4) is 0 Å². The van der Waals surface area contributed by atoms with Crippen LogP contribution >= 0.6 is 0 Å². The first-order chi connectivity index (χ1) is 18.2. The lowest BCUT2D eigenvalue weighted by Gasteiger charge is -2.30. The Labute approximate surface area is 222 Å². The Morgan fingerprint density at radius 1 is 1.08 bits per heavy atom. The summed E-state index contributed by atoms with van der Waals surface area (Å²) in [7, 11) is -3.99. The Hall–Kier alpha value is -3.67. The highest BCUT2D eigenvalue weighted by Crippen LogP contribution is 2.20. The van der Waals surface area contributed by atoms with E-state index in [2.05, 4.69) is 10.5 Å². The van der Waals surface area contributed by atoms with E-state index in [1.165, 1.54) is 47.3 Å². The molecule has 0 spiro atoms. The Bertz CT molecular complexity index is 1260. The molecule has 0 saturated heterocycles. The van der Waals surface area contributed by atoms with Gasteiger partial charge in [-0.1, -0.05) is 61.5 Å². The number of alkyl carbamates (subject to hydrolysis) is 1. The third kappa shape index (κ3) is 8.44. The number of amides is 1. The summed E-state index contributed by atoms with van der Waals surface area (Å²) in [5.74, 6) is -0.0294. The molecule has 2 atom stereocenters. The molecule has 0 saturated carbocycles. The minimum absolute atomic E-state index is 0.0126. The number of carbonyl (C=O) groups excluding carboxylic acids is 1. The smallest absolute Gasteiger partial charge is 0.407 e. The van der Waals surface area contributed by atoms with Crippen LogP contribution in [0.15, 0.2) is 87.7 Å². The molecule has 38 heavy (non-hydrogen) atoms. The number of oxime groups is 1. The second-order valence-electron chi connectivity index (χ2n) is 9.25. The minimum Gasteiger partial charge on any atom is -0.472 e. The molecule has 1 heterocycles. The summed E-state index contributed by atoms with van der Waals surface area (Å²) >= 11 is 0. The van der Waals surface area contributed by atoms with Gasteiger partial charge in [-0.25, -0.2) is 13.2 Å². The first kappa shape index (κ1) is 28.9. The summed E-state index contributed by atoms with van der Waals surface area (Å²) in [5, 5.41) is 25.6. The minimum atomic E-state index is -3.99. The topological polar surface area (TPSA) is 142 Å². The molecule has 0 bridgehead atoms. The van der Waals surface area contributed by atoms with E-state index in [-0.39, 0.29) is 36.9 Å². The first-order valence-electron chi connectivity index (χ1n) is 12.1. The van der Waals surface area contributed by atoms with Crippen LogP contribution in [0.1, 0.15) is 30.5 Å². The molecule has 0 aliphatic rings. The fourth-order valence-corrected chi connectivity index (χ4v) is 5.45. The van der Waals surface area contributed by atoms with Crippen LogP contribution in [0.5, 0.6) is 0 Å². The van der Waals surface area contributed by atoms with E-state index in [4.69, 9.17) is 14.4 Å². The second kappa shape index (κ2) is 13.8. The molecule has 0 aliphatic heterocycles. The van der Waals surface area contributed by atoms with Crippen molar-refractivity contribution in [2.45, 2.75) is 43.9 Å². The third-order valence-corrected chi connectivity index (χ3v) is 7.55. The van der Waals surface area contributed by atoms with Crippen molar-refractivity contribution in [2.75, 3.05) is 13.1 Å². The molecular formula is C27H33N3O7S. The van der Waals surface area contributed by atoms with Crippen LogP contribution in [0.2, 0.25) is 0 Å². The van der Waals surface area contributed by atoms with E-state index in [1.807, 2.05) is 44.2 Å². The Balaban J connectivity index is 1.80. The van der Waals surface area contributed by atoms with Gasteiger partial charge in [0.05, 0.1) is 35.8 Å². The number of aliphatic hydroxyl groups excluding tert-OH is 1. The number of furan rings is 1. The van der Waals surface area contributed by atoms with Crippen LogP contribution in [0.4, 0.5) is 4.79 Å². The third-order valence-electron chi connectivity index (χ3n) is 5.70. The number of hydrogen-bond acceptors (Lipinski definition) is 8. The second-order valence-corrected chi connectivity index (χ2v) is 11.2. The van der Waals surface area contributed by atoms with Crippen LogP contribution < -0.4 is 5.32 Å². The summed E-state index contributed by atoms with van der Waals surface area (Å²) in [6.45, 7) is 3.65. The number of rotatable bonds is 13. The van der Waals surface area contributed by atoms with Crippen molar-refractivity contribution in [1.29, 1.82) is 0 Å². The van der Waals surface area contributed by atoms with Crippen LogP contribution in [0, 0.1) is 5.92 Å². The lowest BCUT2D eigenvalue weighted by Crippen LogP contribution is -2.51. The molecule has 11 heteroatoms. The van der Waals surface area contributed by atoms with E-state index >= 15 is 0 Å². The van der Waals surface area contributed by atoms with Gasteiger partial charge in [-0.15, -0.1) is 0 Å². The predicted molar refractivity (Wildman–Crippen MR) is 141 cm³/mol. The Kier molecular flexibility index (Phi) is 10.5. The molecule has 2 aromatic carbocycles. The number of carbonyl (C=O) groups is 1. The molecule has 3 rings (SSSR count). The normalized spacial score (nSPS) is 13.6. The van der Waals surface area contributed by atoms with Gasteiger partial charge in [-0.3, -0.25) is 0 Å². The zero-order chi connectivity index (χ0) is 27.5. The highest BCUT2D eigenvalue weighted by molar-refractivity contribution is 7.89. The molecule has 0 unspecified atom stereocenters. The molecule has 1 amide bonds. The molecule has 1 aromatic heterocycles. The van der Waals surface area contributed by atoms with Gasteiger partial charge < -0.3 is 24.8 Å². The number of aliphatic hydroxyl groups is 1. The van der Waals surface area contributed by atoms with Crippen molar-refractivity contribution >= 4 is 22.3 Å². The number of sulfonamides is 1. The molecule has 0 aliphatic carbocycles. The van der Waals surface area contributed by atoms with E-state index in [0.29, 0.717) is 11.1 Å². The molecule has 3 aromatic rings. The van der Waals surface area contributed by atoms with E-state index in [9.17, 15) is 18.3 Å². The maximum atomic E-state index is 13.5. The largest absolute Gasteiger partial charge is 0.472 e. The van der Waals surface area contributed by atoms with Crippen molar-refractivity contribution in [2.24, 2.45) is 11.1 Å². The zero-order valence-corrected chi connectivity index (χ0v) is 22.1. The van der Waals surface area contributed by atoms with Crippen LogP contribution in [-0.4, -0.2) is 60.6 Å². The summed E-state index contributed by atoms with van der Waals surface area (Å²) in [4.78, 5) is 12.6. The lowest BCUT2D eigenvalue weighted by atomic mass is 10.0. The summed E-state index contributed by atoms with van der Waals surface area (Å²) in [5.41, 5.74) is 2.06.